The first-order chi connectivity index (χ1) is 12.2. The summed E-state index contributed by atoms with van der Waals surface area (Å²) in [5, 5.41) is 14.4. The van der Waals surface area contributed by atoms with Gasteiger partial charge in [-0.2, -0.15) is 10.2 Å². The van der Waals surface area contributed by atoms with Gasteiger partial charge in [0.2, 0.25) is 0 Å². The molecule has 0 atom stereocenters. The number of nitrogens with zero attached hydrogens (tertiary/aromatic N) is 5. The van der Waals surface area contributed by atoms with Gasteiger partial charge >= 0.3 is 0 Å². The van der Waals surface area contributed by atoms with E-state index in [1.165, 1.54) is 25.7 Å². The van der Waals surface area contributed by atoms with E-state index in [0.29, 0.717) is 17.2 Å². The first kappa shape index (κ1) is 15.6. The van der Waals surface area contributed by atoms with Gasteiger partial charge < -0.3 is 10.2 Å². The second-order valence-corrected chi connectivity index (χ2v) is 6.33. The van der Waals surface area contributed by atoms with Crippen molar-refractivity contribution in [3.8, 4) is 0 Å². The van der Waals surface area contributed by atoms with E-state index in [1.54, 1.807) is 16.9 Å². The highest BCUT2D eigenvalue weighted by Crippen LogP contribution is 2.23. The van der Waals surface area contributed by atoms with E-state index in [4.69, 9.17) is 4.98 Å². The van der Waals surface area contributed by atoms with Gasteiger partial charge in [-0.15, -0.1) is 0 Å². The molecule has 1 saturated heterocycles. The average Bonchev–Trinajstić information content (AvgIpc) is 3.14. The van der Waals surface area contributed by atoms with Crippen molar-refractivity contribution >= 4 is 28.6 Å². The molecule has 25 heavy (non-hydrogen) atoms. The van der Waals surface area contributed by atoms with Crippen molar-refractivity contribution in [2.24, 2.45) is 7.05 Å². The molecule has 8 nitrogen and oxygen atoms in total. The normalized spacial score (nSPS) is 15.3. The van der Waals surface area contributed by atoms with E-state index in [0.717, 1.165) is 24.3 Å². The molecule has 3 aromatic rings. The minimum Gasteiger partial charge on any atom is -0.357 e. The lowest BCUT2D eigenvalue weighted by atomic mass is 10.2. The summed E-state index contributed by atoms with van der Waals surface area (Å²) >= 11 is 0. The predicted molar refractivity (Wildman–Crippen MR) is 95.7 cm³/mol. The van der Waals surface area contributed by atoms with Crippen molar-refractivity contribution in [3.63, 3.8) is 0 Å². The highest BCUT2D eigenvalue weighted by Gasteiger charge is 2.19. The Hall–Kier alpha value is -2.90. The minimum atomic E-state index is -0.290. The number of pyridine rings is 1. The van der Waals surface area contributed by atoms with Crippen LogP contribution in [0.3, 0.4) is 0 Å². The Morgan fingerprint density at radius 3 is 2.68 bits per heavy atom. The van der Waals surface area contributed by atoms with E-state index < -0.39 is 0 Å². The number of carbonyl (C=O) groups excluding carboxylic acids is 1. The molecule has 2 N–H and O–H groups in total. The Morgan fingerprint density at radius 1 is 1.16 bits per heavy atom. The Labute approximate surface area is 145 Å². The minimum absolute atomic E-state index is 0.290. The fourth-order valence-electron chi connectivity index (χ4n) is 3.27. The monoisotopic (exact) mass is 339 g/mol. The molecular weight excluding hydrogens is 318 g/mol. The number of rotatable bonds is 3. The maximum Gasteiger partial charge on any atom is 0.278 e. The topological polar surface area (TPSA) is 91.7 Å². The van der Waals surface area contributed by atoms with E-state index in [-0.39, 0.29) is 5.91 Å². The largest absolute Gasteiger partial charge is 0.357 e. The van der Waals surface area contributed by atoms with Crippen LogP contribution in [-0.2, 0) is 7.05 Å². The molecule has 0 unspecified atom stereocenters. The summed E-state index contributed by atoms with van der Waals surface area (Å²) in [6.07, 6.45) is 6.61. The molecule has 0 saturated carbocycles. The van der Waals surface area contributed by atoms with Crippen molar-refractivity contribution in [2.75, 3.05) is 23.3 Å². The number of hydrogen-bond acceptors (Lipinski definition) is 5. The molecule has 8 heteroatoms. The maximum absolute atomic E-state index is 12.5. The van der Waals surface area contributed by atoms with Crippen molar-refractivity contribution in [1.29, 1.82) is 0 Å². The van der Waals surface area contributed by atoms with Gasteiger partial charge in [0.05, 0.1) is 5.39 Å². The van der Waals surface area contributed by atoms with Crippen LogP contribution in [-0.4, -0.2) is 44.0 Å². The molecule has 0 spiro atoms. The number of nitrogens with one attached hydrogen (secondary N) is 2. The fraction of sp³-hybridized carbons (Fsp3) is 0.412. The number of aryl methyl sites for hydroxylation is 1. The number of anilines is 2. The molecule has 0 aromatic carbocycles. The van der Waals surface area contributed by atoms with Crippen molar-refractivity contribution in [3.05, 3.63) is 30.1 Å². The zero-order valence-electron chi connectivity index (χ0n) is 14.2. The molecule has 0 radical (unpaired) electrons. The lowest BCUT2D eigenvalue weighted by molar-refractivity contribution is 0.102. The Bertz CT molecular complexity index is 876. The number of fused-ring (bicyclic) bond motifs is 1. The van der Waals surface area contributed by atoms with Crippen molar-refractivity contribution in [2.45, 2.75) is 25.7 Å². The SMILES string of the molecule is Cn1nc(C(=O)Nc2cc[nH]n2)c2ccc(N3CCCCCC3)nc21. The van der Waals surface area contributed by atoms with Gasteiger partial charge in [0, 0.05) is 32.4 Å². The maximum atomic E-state index is 12.5. The standard InChI is InChI=1S/C17H21N7O/c1-23-16-12(15(22-23)17(25)19-13-8-9-18-21-13)6-7-14(20-16)24-10-4-2-3-5-11-24/h6-9H,2-5,10-11H2,1H3,(H2,18,19,21,25). The smallest absolute Gasteiger partial charge is 0.278 e. The summed E-state index contributed by atoms with van der Waals surface area (Å²) < 4.78 is 1.66. The number of hydrogen-bond donors (Lipinski definition) is 2. The molecule has 1 aliphatic rings. The summed E-state index contributed by atoms with van der Waals surface area (Å²) in [7, 11) is 1.81. The van der Waals surface area contributed by atoms with Crippen LogP contribution in [0.5, 0.6) is 0 Å². The first-order valence-electron chi connectivity index (χ1n) is 8.62. The van der Waals surface area contributed by atoms with E-state index in [2.05, 4.69) is 25.5 Å². The van der Waals surface area contributed by atoms with Gasteiger partial charge in [0.1, 0.15) is 5.82 Å². The summed E-state index contributed by atoms with van der Waals surface area (Å²) in [5.41, 5.74) is 1.07. The number of aromatic nitrogens is 5. The zero-order chi connectivity index (χ0) is 17.2. The lowest BCUT2D eigenvalue weighted by Gasteiger charge is -2.21. The Morgan fingerprint density at radius 2 is 1.96 bits per heavy atom. The molecule has 130 valence electrons. The average molecular weight is 339 g/mol. The van der Waals surface area contributed by atoms with Gasteiger partial charge in [0.25, 0.3) is 5.91 Å². The third-order valence-corrected chi connectivity index (χ3v) is 4.56. The fourth-order valence-corrected chi connectivity index (χ4v) is 3.27. The molecular formula is C17H21N7O. The summed E-state index contributed by atoms with van der Waals surface area (Å²) in [5.74, 6) is 1.14. The van der Waals surface area contributed by atoms with Crippen LogP contribution in [0.1, 0.15) is 36.2 Å². The van der Waals surface area contributed by atoms with Gasteiger partial charge in [0.15, 0.2) is 17.2 Å². The van der Waals surface area contributed by atoms with Crippen LogP contribution in [0.15, 0.2) is 24.4 Å². The molecule has 3 aromatic heterocycles. The summed E-state index contributed by atoms with van der Waals surface area (Å²) in [4.78, 5) is 19.6. The molecule has 1 amide bonds. The number of amides is 1. The van der Waals surface area contributed by atoms with Crippen molar-refractivity contribution < 1.29 is 4.79 Å². The van der Waals surface area contributed by atoms with Crippen LogP contribution in [0.25, 0.3) is 11.0 Å². The first-order valence-corrected chi connectivity index (χ1v) is 8.62. The van der Waals surface area contributed by atoms with Gasteiger partial charge in [-0.1, -0.05) is 12.8 Å². The second kappa shape index (κ2) is 6.54. The third-order valence-electron chi connectivity index (χ3n) is 4.56. The van der Waals surface area contributed by atoms with Gasteiger partial charge in [-0.3, -0.25) is 9.89 Å². The Balaban J connectivity index is 1.65. The highest BCUT2D eigenvalue weighted by molar-refractivity contribution is 6.10. The van der Waals surface area contributed by atoms with Crippen LogP contribution in [0.4, 0.5) is 11.6 Å². The molecule has 1 aliphatic heterocycles. The van der Waals surface area contributed by atoms with Crippen LogP contribution in [0, 0.1) is 0 Å². The van der Waals surface area contributed by atoms with E-state index >= 15 is 0 Å². The number of H-pyrrole nitrogens is 1. The zero-order valence-corrected chi connectivity index (χ0v) is 14.2. The lowest BCUT2D eigenvalue weighted by Crippen LogP contribution is -2.24. The Kier molecular flexibility index (Phi) is 4.09. The molecule has 4 heterocycles. The van der Waals surface area contributed by atoms with Gasteiger partial charge in [-0.25, -0.2) is 9.67 Å². The summed E-state index contributed by atoms with van der Waals surface area (Å²) in [6, 6.07) is 5.62. The van der Waals surface area contributed by atoms with Crippen LogP contribution < -0.4 is 10.2 Å². The predicted octanol–water partition coefficient (Wildman–Crippen LogP) is 2.32. The highest BCUT2D eigenvalue weighted by atomic mass is 16.2. The molecule has 4 rings (SSSR count). The summed E-state index contributed by atoms with van der Waals surface area (Å²) in [6.45, 7) is 2.06. The number of aromatic amines is 1. The van der Waals surface area contributed by atoms with E-state index in [1.807, 2.05) is 19.2 Å². The van der Waals surface area contributed by atoms with Crippen LogP contribution >= 0.6 is 0 Å². The number of carbonyl (C=O) groups is 1. The third kappa shape index (κ3) is 3.07. The molecule has 0 aliphatic carbocycles. The van der Waals surface area contributed by atoms with Crippen molar-refractivity contribution in [1.82, 2.24) is 25.0 Å². The van der Waals surface area contributed by atoms with E-state index in [9.17, 15) is 4.79 Å². The van der Waals surface area contributed by atoms with Gasteiger partial charge in [-0.05, 0) is 25.0 Å². The molecule has 0 bridgehead atoms. The molecule has 1 fully saturated rings. The van der Waals surface area contributed by atoms with Crippen LogP contribution in [0.2, 0.25) is 0 Å². The second-order valence-electron chi connectivity index (χ2n) is 6.33. The quantitative estimate of drug-likeness (QED) is 0.764.